The van der Waals surface area contributed by atoms with Crippen LogP contribution in [0.3, 0.4) is 0 Å². The first kappa shape index (κ1) is 17.1. The van der Waals surface area contributed by atoms with Gasteiger partial charge in [-0.1, -0.05) is 25.1 Å². The number of non-ortho nitro benzene ring substituents is 1. The number of carbonyl (C=O) groups excluding carboxylic acids is 1. The van der Waals surface area contributed by atoms with Crippen molar-refractivity contribution in [3.05, 3.63) is 69.8 Å². The van der Waals surface area contributed by atoms with Gasteiger partial charge in [-0.2, -0.15) is 5.10 Å². The lowest BCUT2D eigenvalue weighted by Gasteiger charge is -2.08. The average molecular weight is 327 g/mol. The van der Waals surface area contributed by atoms with Crippen LogP contribution in [-0.4, -0.2) is 23.7 Å². The number of carbonyl (C=O) groups is 1. The lowest BCUT2D eigenvalue weighted by Crippen LogP contribution is -2.24. The van der Waals surface area contributed by atoms with E-state index in [9.17, 15) is 14.9 Å². The van der Waals surface area contributed by atoms with E-state index in [2.05, 4.69) is 10.5 Å². The van der Waals surface area contributed by atoms with E-state index in [0.29, 0.717) is 11.3 Å². The Morgan fingerprint density at radius 3 is 2.62 bits per heavy atom. The second-order valence-electron chi connectivity index (χ2n) is 4.89. The lowest BCUT2D eigenvalue weighted by atomic mass is 10.1. The molecule has 2 rings (SSSR count). The van der Waals surface area contributed by atoms with Gasteiger partial charge in [-0.05, 0) is 35.7 Å². The zero-order valence-electron chi connectivity index (χ0n) is 13.1. The zero-order valence-corrected chi connectivity index (χ0v) is 13.1. The van der Waals surface area contributed by atoms with Crippen molar-refractivity contribution in [3.8, 4) is 5.75 Å². The van der Waals surface area contributed by atoms with Crippen molar-refractivity contribution in [1.29, 1.82) is 0 Å². The van der Waals surface area contributed by atoms with Gasteiger partial charge in [0.1, 0.15) is 5.75 Å². The van der Waals surface area contributed by atoms with E-state index in [4.69, 9.17) is 4.74 Å². The molecule has 0 saturated heterocycles. The van der Waals surface area contributed by atoms with Gasteiger partial charge in [0.2, 0.25) is 0 Å². The first-order valence-electron chi connectivity index (χ1n) is 7.37. The number of aryl methyl sites for hydroxylation is 1. The smallest absolute Gasteiger partial charge is 0.277 e. The molecule has 0 saturated carbocycles. The van der Waals surface area contributed by atoms with Crippen LogP contribution in [0.15, 0.2) is 53.6 Å². The maximum absolute atomic E-state index is 11.7. The minimum Gasteiger partial charge on any atom is -0.483 e. The molecule has 0 aliphatic rings. The number of hydrazone groups is 1. The van der Waals surface area contributed by atoms with E-state index >= 15 is 0 Å². The van der Waals surface area contributed by atoms with Crippen LogP contribution in [0.25, 0.3) is 0 Å². The molecule has 0 heterocycles. The monoisotopic (exact) mass is 327 g/mol. The van der Waals surface area contributed by atoms with E-state index < -0.39 is 4.92 Å². The van der Waals surface area contributed by atoms with Gasteiger partial charge in [0.25, 0.3) is 11.6 Å². The summed E-state index contributed by atoms with van der Waals surface area (Å²) in [4.78, 5) is 21.8. The van der Waals surface area contributed by atoms with Crippen molar-refractivity contribution in [1.82, 2.24) is 5.43 Å². The molecule has 0 aliphatic heterocycles. The fraction of sp³-hybridized carbons (Fsp3) is 0.176. The number of nitrogens with one attached hydrogen (secondary N) is 1. The highest BCUT2D eigenvalue weighted by Crippen LogP contribution is 2.17. The zero-order chi connectivity index (χ0) is 17.4. The van der Waals surface area contributed by atoms with Crippen LogP contribution in [0.4, 0.5) is 5.69 Å². The predicted molar refractivity (Wildman–Crippen MR) is 90.1 cm³/mol. The number of nitro groups is 1. The highest BCUT2D eigenvalue weighted by atomic mass is 16.6. The third-order valence-electron chi connectivity index (χ3n) is 3.22. The third-order valence-corrected chi connectivity index (χ3v) is 3.22. The van der Waals surface area contributed by atoms with Crippen LogP contribution >= 0.6 is 0 Å². The molecule has 2 aromatic rings. The maximum atomic E-state index is 11.7. The number of amides is 1. The molecule has 7 nitrogen and oxygen atoms in total. The lowest BCUT2D eigenvalue weighted by molar-refractivity contribution is -0.384. The minimum absolute atomic E-state index is 0.000764. The number of nitrogens with zero attached hydrogens (tertiary/aromatic N) is 2. The summed E-state index contributed by atoms with van der Waals surface area (Å²) in [5.41, 5.74) is 4.01. The van der Waals surface area contributed by atoms with Crippen LogP contribution in [0.1, 0.15) is 18.1 Å². The summed E-state index contributed by atoms with van der Waals surface area (Å²) in [5, 5.41) is 14.3. The number of para-hydroxylation sites is 1. The number of ether oxygens (including phenoxy) is 1. The summed E-state index contributed by atoms with van der Waals surface area (Å²) in [5.74, 6) is 0.286. The summed E-state index contributed by atoms with van der Waals surface area (Å²) in [6.07, 6.45) is 2.22. The van der Waals surface area contributed by atoms with Gasteiger partial charge in [-0.25, -0.2) is 5.43 Å². The van der Waals surface area contributed by atoms with Crippen molar-refractivity contribution < 1.29 is 14.5 Å². The Bertz CT molecular complexity index is 742. The Hall–Kier alpha value is -3.22. The summed E-state index contributed by atoms with van der Waals surface area (Å²) in [6.45, 7) is 1.87. The Labute approximate surface area is 139 Å². The number of hydrogen-bond acceptors (Lipinski definition) is 5. The fourth-order valence-corrected chi connectivity index (χ4v) is 1.97. The molecule has 7 heteroatoms. The number of hydrogen-bond donors (Lipinski definition) is 1. The first-order valence-corrected chi connectivity index (χ1v) is 7.37. The van der Waals surface area contributed by atoms with Gasteiger partial charge < -0.3 is 4.74 Å². The number of nitro benzene ring substituents is 1. The predicted octanol–water partition coefficient (Wildman–Crippen LogP) is 2.69. The van der Waals surface area contributed by atoms with Crippen molar-refractivity contribution in [2.75, 3.05) is 6.61 Å². The molecule has 0 spiro atoms. The SMILES string of the molecule is CCc1ccccc1OCC(=O)N/N=C\c1ccc([N+](=O)[O-])cc1. The van der Waals surface area contributed by atoms with E-state index in [-0.39, 0.29) is 18.2 Å². The molecule has 0 radical (unpaired) electrons. The van der Waals surface area contributed by atoms with E-state index in [1.807, 2.05) is 31.2 Å². The van der Waals surface area contributed by atoms with Crippen molar-refractivity contribution in [2.24, 2.45) is 5.10 Å². The van der Waals surface area contributed by atoms with Crippen LogP contribution < -0.4 is 10.2 Å². The van der Waals surface area contributed by atoms with Crippen LogP contribution in [0.5, 0.6) is 5.75 Å². The molecular formula is C17H17N3O4. The van der Waals surface area contributed by atoms with Gasteiger partial charge in [0.15, 0.2) is 6.61 Å². The molecule has 1 N–H and O–H groups in total. The summed E-state index contributed by atoms with van der Waals surface area (Å²) in [7, 11) is 0. The second kappa shape index (κ2) is 8.42. The third kappa shape index (κ3) is 4.91. The average Bonchev–Trinajstić information content (AvgIpc) is 2.60. The van der Waals surface area contributed by atoms with Crippen LogP contribution in [0.2, 0.25) is 0 Å². The van der Waals surface area contributed by atoms with Gasteiger partial charge >= 0.3 is 0 Å². The van der Waals surface area contributed by atoms with Crippen molar-refractivity contribution in [3.63, 3.8) is 0 Å². The topological polar surface area (TPSA) is 93.8 Å². The van der Waals surface area contributed by atoms with Gasteiger partial charge in [-0.3, -0.25) is 14.9 Å². The molecule has 1 amide bonds. The van der Waals surface area contributed by atoms with Gasteiger partial charge in [-0.15, -0.1) is 0 Å². The standard InChI is InChI=1S/C17H17N3O4/c1-2-14-5-3-4-6-16(14)24-12-17(21)19-18-11-13-7-9-15(10-8-13)20(22)23/h3-11H,2,12H2,1H3,(H,19,21)/b18-11-. The normalized spacial score (nSPS) is 10.5. The Morgan fingerprint density at radius 2 is 1.96 bits per heavy atom. The molecule has 24 heavy (non-hydrogen) atoms. The first-order chi connectivity index (χ1) is 11.6. The molecule has 0 aromatic heterocycles. The molecule has 2 aromatic carbocycles. The molecule has 0 unspecified atom stereocenters. The fourth-order valence-electron chi connectivity index (χ4n) is 1.97. The van der Waals surface area contributed by atoms with Crippen molar-refractivity contribution in [2.45, 2.75) is 13.3 Å². The quantitative estimate of drug-likeness (QED) is 0.480. The maximum Gasteiger partial charge on any atom is 0.277 e. The van der Waals surface area contributed by atoms with E-state index in [0.717, 1.165) is 12.0 Å². The highest BCUT2D eigenvalue weighted by molar-refractivity contribution is 5.83. The highest BCUT2D eigenvalue weighted by Gasteiger charge is 2.05. The molecule has 124 valence electrons. The van der Waals surface area contributed by atoms with Gasteiger partial charge in [0.05, 0.1) is 11.1 Å². The summed E-state index contributed by atoms with van der Waals surface area (Å²) in [6, 6.07) is 13.3. The van der Waals surface area contributed by atoms with E-state index in [1.165, 1.54) is 18.3 Å². The van der Waals surface area contributed by atoms with Crippen molar-refractivity contribution >= 4 is 17.8 Å². The van der Waals surface area contributed by atoms with Crippen LogP contribution in [0, 0.1) is 10.1 Å². The summed E-state index contributed by atoms with van der Waals surface area (Å²) >= 11 is 0. The van der Waals surface area contributed by atoms with Gasteiger partial charge in [0, 0.05) is 12.1 Å². The Morgan fingerprint density at radius 1 is 1.25 bits per heavy atom. The molecule has 0 fully saturated rings. The molecule has 0 bridgehead atoms. The van der Waals surface area contributed by atoms with Crippen LogP contribution in [-0.2, 0) is 11.2 Å². The number of rotatable bonds is 7. The minimum atomic E-state index is -0.478. The Kier molecular flexibility index (Phi) is 6.01. The molecular weight excluding hydrogens is 310 g/mol. The summed E-state index contributed by atoms with van der Waals surface area (Å²) < 4.78 is 5.47. The largest absolute Gasteiger partial charge is 0.483 e. The second-order valence-corrected chi connectivity index (χ2v) is 4.89. The number of benzene rings is 2. The molecule has 0 atom stereocenters. The Balaban J connectivity index is 1.83. The molecule has 0 aliphatic carbocycles. The van der Waals surface area contributed by atoms with E-state index in [1.54, 1.807) is 12.1 Å².